The molecule has 1 fully saturated rings. The minimum atomic E-state index is -0.276. The molecule has 0 unspecified atom stereocenters. The highest BCUT2D eigenvalue weighted by Gasteiger charge is 2.28. The molecule has 2 amide bonds. The summed E-state index contributed by atoms with van der Waals surface area (Å²) in [6.07, 6.45) is 1.84. The van der Waals surface area contributed by atoms with Gasteiger partial charge in [0.05, 0.1) is 10.7 Å². The minimum Gasteiger partial charge on any atom is -0.317 e. The number of aryl methyl sites for hydroxylation is 1. The maximum absolute atomic E-state index is 13.3. The van der Waals surface area contributed by atoms with Crippen molar-refractivity contribution < 1.29 is 9.18 Å². The number of carbonyl (C=O) groups is 1. The summed E-state index contributed by atoms with van der Waals surface area (Å²) in [6, 6.07) is 11.9. The van der Waals surface area contributed by atoms with E-state index < -0.39 is 0 Å². The van der Waals surface area contributed by atoms with Crippen LogP contribution in [0.25, 0.3) is 0 Å². The Hall–Kier alpha value is -2.11. The fourth-order valence-corrected chi connectivity index (χ4v) is 3.89. The summed E-state index contributed by atoms with van der Waals surface area (Å²) in [5.74, 6) is -0.276. The Balaban J connectivity index is 1.78. The molecule has 2 aromatic rings. The molecule has 28 heavy (non-hydrogen) atoms. The molecule has 1 aliphatic heterocycles. The zero-order valence-electron chi connectivity index (χ0n) is 16.4. The molecule has 0 saturated carbocycles. The van der Waals surface area contributed by atoms with Crippen molar-refractivity contribution in [1.29, 1.82) is 0 Å². The topological polar surface area (TPSA) is 35.6 Å². The van der Waals surface area contributed by atoms with Gasteiger partial charge in [-0.25, -0.2) is 9.18 Å². The Morgan fingerprint density at radius 3 is 2.50 bits per heavy atom. The van der Waals surface area contributed by atoms with Gasteiger partial charge in [0, 0.05) is 25.7 Å². The lowest BCUT2D eigenvalue weighted by Crippen LogP contribution is -2.48. The van der Waals surface area contributed by atoms with Crippen LogP contribution in [0.5, 0.6) is 0 Å². The van der Waals surface area contributed by atoms with Crippen LogP contribution in [0.2, 0.25) is 5.02 Å². The summed E-state index contributed by atoms with van der Waals surface area (Å²) in [4.78, 5) is 17.4. The number of carbonyl (C=O) groups excluding carboxylic acids is 1. The number of likely N-dealkylation sites (tertiary alicyclic amines) is 1. The molecule has 0 atom stereocenters. The van der Waals surface area contributed by atoms with Gasteiger partial charge in [0.15, 0.2) is 0 Å². The van der Waals surface area contributed by atoms with Gasteiger partial charge in [-0.3, -0.25) is 0 Å². The first kappa shape index (κ1) is 20.6. The highest BCUT2D eigenvalue weighted by atomic mass is 35.5. The van der Waals surface area contributed by atoms with E-state index in [0.717, 1.165) is 43.6 Å². The quantitative estimate of drug-likeness (QED) is 0.734. The minimum absolute atomic E-state index is 0.136. The van der Waals surface area contributed by atoms with Crippen LogP contribution in [0.3, 0.4) is 0 Å². The lowest BCUT2D eigenvalue weighted by Gasteiger charge is -2.38. The van der Waals surface area contributed by atoms with Gasteiger partial charge in [-0.15, -0.1) is 0 Å². The smallest absolute Gasteiger partial charge is 0.317 e. The second-order valence-corrected chi connectivity index (χ2v) is 7.74. The van der Waals surface area contributed by atoms with E-state index in [1.54, 1.807) is 12.1 Å². The molecular formula is C22H27ClFN3O. The predicted molar refractivity (Wildman–Crippen MR) is 112 cm³/mol. The molecule has 0 bridgehead atoms. The number of rotatable bonds is 5. The number of amides is 2. The van der Waals surface area contributed by atoms with E-state index in [-0.39, 0.29) is 17.9 Å². The van der Waals surface area contributed by atoms with E-state index in [1.165, 1.54) is 12.1 Å². The largest absolute Gasteiger partial charge is 0.322 e. The number of nitrogens with zero attached hydrogens (tertiary/aromatic N) is 2. The van der Waals surface area contributed by atoms with Crippen molar-refractivity contribution in [2.24, 2.45) is 0 Å². The van der Waals surface area contributed by atoms with Gasteiger partial charge in [0.25, 0.3) is 0 Å². The first-order valence-corrected chi connectivity index (χ1v) is 10.1. The van der Waals surface area contributed by atoms with Crippen molar-refractivity contribution in [2.45, 2.75) is 39.3 Å². The van der Waals surface area contributed by atoms with E-state index in [1.807, 2.05) is 30.0 Å². The summed E-state index contributed by atoms with van der Waals surface area (Å²) in [7, 11) is 0. The van der Waals surface area contributed by atoms with E-state index in [4.69, 9.17) is 11.6 Å². The average Bonchev–Trinajstić information content (AvgIpc) is 2.69. The molecule has 2 aromatic carbocycles. The molecule has 1 heterocycles. The van der Waals surface area contributed by atoms with Crippen LogP contribution in [0.4, 0.5) is 14.9 Å². The van der Waals surface area contributed by atoms with E-state index in [0.29, 0.717) is 17.3 Å². The molecule has 1 aliphatic rings. The van der Waals surface area contributed by atoms with Gasteiger partial charge in [0.2, 0.25) is 0 Å². The summed E-state index contributed by atoms with van der Waals surface area (Å²) in [5.41, 5.74) is 2.55. The van der Waals surface area contributed by atoms with Crippen LogP contribution in [0.15, 0.2) is 42.5 Å². The summed E-state index contributed by atoms with van der Waals surface area (Å²) >= 11 is 6.30. The van der Waals surface area contributed by atoms with Crippen LogP contribution in [-0.2, 0) is 6.54 Å². The van der Waals surface area contributed by atoms with Crippen molar-refractivity contribution in [2.75, 3.05) is 25.0 Å². The van der Waals surface area contributed by atoms with Crippen molar-refractivity contribution >= 4 is 23.3 Å². The van der Waals surface area contributed by atoms with E-state index in [2.05, 4.69) is 17.1 Å². The van der Waals surface area contributed by atoms with Crippen molar-refractivity contribution in [3.8, 4) is 0 Å². The number of urea groups is 1. The molecular weight excluding hydrogens is 377 g/mol. The third-order valence-electron chi connectivity index (χ3n) is 5.34. The first-order valence-electron chi connectivity index (χ1n) is 9.77. The van der Waals surface area contributed by atoms with Crippen LogP contribution < -0.4 is 5.32 Å². The van der Waals surface area contributed by atoms with Crippen LogP contribution in [0.1, 0.15) is 30.9 Å². The molecule has 1 saturated heterocycles. The lowest BCUT2D eigenvalue weighted by molar-refractivity contribution is 0.126. The van der Waals surface area contributed by atoms with Crippen molar-refractivity contribution in [3.63, 3.8) is 0 Å². The summed E-state index contributed by atoms with van der Waals surface area (Å²) < 4.78 is 13.3. The van der Waals surface area contributed by atoms with Crippen LogP contribution >= 0.6 is 11.6 Å². The number of benzene rings is 2. The van der Waals surface area contributed by atoms with Crippen molar-refractivity contribution in [1.82, 2.24) is 9.80 Å². The van der Waals surface area contributed by atoms with Gasteiger partial charge in [-0.1, -0.05) is 36.7 Å². The summed E-state index contributed by atoms with van der Waals surface area (Å²) in [5, 5.41) is 3.48. The molecule has 1 N–H and O–H groups in total. The Labute approximate surface area is 171 Å². The zero-order chi connectivity index (χ0) is 20.1. The van der Waals surface area contributed by atoms with Gasteiger partial charge in [-0.2, -0.15) is 0 Å². The molecule has 6 heteroatoms. The Morgan fingerprint density at radius 1 is 1.21 bits per heavy atom. The number of halogens is 2. The third-order valence-corrected chi connectivity index (χ3v) is 5.65. The zero-order valence-corrected chi connectivity index (χ0v) is 17.2. The highest BCUT2D eigenvalue weighted by Crippen LogP contribution is 2.25. The first-order chi connectivity index (χ1) is 13.5. The molecule has 3 rings (SSSR count). The Morgan fingerprint density at radius 2 is 1.89 bits per heavy atom. The fourth-order valence-electron chi connectivity index (χ4n) is 3.61. The lowest BCUT2D eigenvalue weighted by atomic mass is 10.0. The Kier molecular flexibility index (Phi) is 6.92. The third kappa shape index (κ3) is 5.24. The maximum Gasteiger partial charge on any atom is 0.322 e. The normalized spacial score (nSPS) is 15.4. The monoisotopic (exact) mass is 403 g/mol. The van der Waals surface area contributed by atoms with Crippen LogP contribution in [0, 0.1) is 12.7 Å². The highest BCUT2D eigenvalue weighted by molar-refractivity contribution is 6.33. The number of piperidine rings is 1. The standard InChI is InChI=1S/C22H27ClFN3O/c1-3-26-12-10-19(11-13-26)27(15-17-5-7-18(24)8-6-17)22(28)25-21-9-4-16(2)14-20(21)23/h4-9,14,19H,3,10-13,15H2,1-2H3,(H,25,28). The molecule has 0 aliphatic carbocycles. The fraction of sp³-hybridized carbons (Fsp3) is 0.409. The van der Waals surface area contributed by atoms with Gasteiger partial charge >= 0.3 is 6.03 Å². The Bertz CT molecular complexity index is 804. The number of hydrogen-bond donors (Lipinski definition) is 1. The second-order valence-electron chi connectivity index (χ2n) is 7.33. The maximum atomic E-state index is 13.3. The number of hydrogen-bond acceptors (Lipinski definition) is 2. The second kappa shape index (κ2) is 9.39. The average molecular weight is 404 g/mol. The van der Waals surface area contributed by atoms with E-state index in [9.17, 15) is 9.18 Å². The SMILES string of the molecule is CCN1CCC(N(Cc2ccc(F)cc2)C(=O)Nc2ccc(C)cc2Cl)CC1. The van der Waals surface area contributed by atoms with Gasteiger partial charge in [-0.05, 0) is 61.7 Å². The summed E-state index contributed by atoms with van der Waals surface area (Å²) in [6.45, 7) is 7.52. The number of nitrogens with one attached hydrogen (secondary N) is 1. The van der Waals surface area contributed by atoms with Gasteiger partial charge in [0.1, 0.15) is 5.82 Å². The van der Waals surface area contributed by atoms with Gasteiger partial charge < -0.3 is 15.1 Å². The molecule has 0 radical (unpaired) electrons. The van der Waals surface area contributed by atoms with E-state index >= 15 is 0 Å². The molecule has 0 spiro atoms. The molecule has 4 nitrogen and oxygen atoms in total. The number of anilines is 1. The molecule has 150 valence electrons. The van der Waals surface area contributed by atoms with Crippen molar-refractivity contribution in [3.05, 3.63) is 64.4 Å². The van der Waals surface area contributed by atoms with Crippen LogP contribution in [-0.4, -0.2) is 41.5 Å². The molecule has 0 aromatic heterocycles. The predicted octanol–water partition coefficient (Wildman–Crippen LogP) is 5.31.